The van der Waals surface area contributed by atoms with E-state index in [-0.39, 0.29) is 11.9 Å². The summed E-state index contributed by atoms with van der Waals surface area (Å²) in [5.41, 5.74) is 0.569. The van der Waals surface area contributed by atoms with Gasteiger partial charge in [-0.2, -0.15) is 0 Å². The minimum atomic E-state index is -0.401. The van der Waals surface area contributed by atoms with E-state index in [9.17, 15) is 9.59 Å². The second-order valence-corrected chi connectivity index (χ2v) is 5.63. The number of imide groups is 1. The first-order chi connectivity index (χ1) is 10.1. The number of hydrogen-bond acceptors (Lipinski definition) is 3. The van der Waals surface area contributed by atoms with E-state index in [1.807, 2.05) is 6.08 Å². The van der Waals surface area contributed by atoms with Gasteiger partial charge in [0.05, 0.1) is 5.69 Å². The predicted octanol–water partition coefficient (Wildman–Crippen LogP) is 1.98. The Balaban J connectivity index is 1.85. The van der Waals surface area contributed by atoms with E-state index in [1.165, 1.54) is 4.90 Å². The molecule has 2 aliphatic rings. The van der Waals surface area contributed by atoms with Crippen molar-refractivity contribution in [2.24, 2.45) is 0 Å². The fraction of sp³-hybridized carbons (Fsp3) is 0.333. The van der Waals surface area contributed by atoms with Crippen molar-refractivity contribution in [3.63, 3.8) is 0 Å². The van der Waals surface area contributed by atoms with Gasteiger partial charge in [0.2, 0.25) is 0 Å². The summed E-state index contributed by atoms with van der Waals surface area (Å²) >= 11 is 5.85. The summed E-state index contributed by atoms with van der Waals surface area (Å²) in [4.78, 5) is 30.1. The average molecular weight is 306 g/mol. The Morgan fingerprint density at radius 2 is 1.95 bits per heavy atom. The lowest BCUT2D eigenvalue weighted by Gasteiger charge is -2.34. The van der Waals surface area contributed by atoms with Crippen molar-refractivity contribution in [3.05, 3.63) is 41.9 Å². The predicted molar refractivity (Wildman–Crippen MR) is 81.5 cm³/mol. The maximum atomic E-state index is 12.6. The number of hydrogen-bond donors (Lipinski definition) is 0. The van der Waals surface area contributed by atoms with Gasteiger partial charge in [-0.1, -0.05) is 17.7 Å². The summed E-state index contributed by atoms with van der Waals surface area (Å²) in [6, 6.07) is 6.10. The topological polar surface area (TPSA) is 43.9 Å². The van der Waals surface area contributed by atoms with Gasteiger partial charge >= 0.3 is 6.03 Å². The number of urea groups is 1. The number of nitrogens with zero attached hydrogens (tertiary/aromatic N) is 3. The minimum absolute atomic E-state index is 0.170. The highest BCUT2D eigenvalue weighted by Gasteiger charge is 2.48. The van der Waals surface area contributed by atoms with E-state index in [0.717, 1.165) is 13.1 Å². The second kappa shape index (κ2) is 5.50. The maximum Gasteiger partial charge on any atom is 0.332 e. The number of benzene rings is 1. The van der Waals surface area contributed by atoms with E-state index in [1.54, 1.807) is 29.2 Å². The molecular formula is C15H16ClN3O2. The summed E-state index contributed by atoms with van der Waals surface area (Å²) in [7, 11) is 0. The number of piperazine rings is 1. The molecule has 5 nitrogen and oxygen atoms in total. The molecule has 1 atom stereocenters. The van der Waals surface area contributed by atoms with Gasteiger partial charge < -0.3 is 4.90 Å². The van der Waals surface area contributed by atoms with Crippen molar-refractivity contribution in [3.8, 4) is 0 Å². The van der Waals surface area contributed by atoms with Gasteiger partial charge in [0.1, 0.15) is 6.04 Å². The molecule has 0 aliphatic carbocycles. The second-order valence-electron chi connectivity index (χ2n) is 5.19. The van der Waals surface area contributed by atoms with Crippen LogP contribution in [-0.2, 0) is 4.79 Å². The molecule has 0 saturated carbocycles. The number of carbonyl (C=O) groups excluding carboxylic acids is 2. The average Bonchev–Trinajstić information content (AvgIpc) is 2.72. The van der Waals surface area contributed by atoms with Crippen LogP contribution in [0, 0.1) is 0 Å². The van der Waals surface area contributed by atoms with Gasteiger partial charge in [-0.3, -0.25) is 9.69 Å². The molecule has 3 amide bonds. The highest BCUT2D eigenvalue weighted by Crippen LogP contribution is 2.28. The van der Waals surface area contributed by atoms with Crippen LogP contribution in [0.1, 0.15) is 0 Å². The number of carbonyl (C=O) groups is 2. The lowest BCUT2D eigenvalue weighted by atomic mass is 10.2. The van der Waals surface area contributed by atoms with Crippen LogP contribution in [0.3, 0.4) is 0 Å². The number of halogens is 1. The van der Waals surface area contributed by atoms with Crippen LogP contribution in [0.2, 0.25) is 5.02 Å². The molecule has 0 spiro atoms. The first-order valence-corrected chi connectivity index (χ1v) is 7.23. The quantitative estimate of drug-likeness (QED) is 0.633. The van der Waals surface area contributed by atoms with Crippen molar-refractivity contribution in [2.75, 3.05) is 31.1 Å². The lowest BCUT2D eigenvalue weighted by Crippen LogP contribution is -2.52. The Hall–Kier alpha value is -1.85. The summed E-state index contributed by atoms with van der Waals surface area (Å²) in [6.45, 7) is 6.32. The molecule has 2 fully saturated rings. The molecule has 2 saturated heterocycles. The van der Waals surface area contributed by atoms with E-state index in [2.05, 4.69) is 11.5 Å². The van der Waals surface area contributed by atoms with E-state index in [0.29, 0.717) is 23.8 Å². The third-order valence-electron chi connectivity index (χ3n) is 3.88. The fourth-order valence-electron chi connectivity index (χ4n) is 2.83. The van der Waals surface area contributed by atoms with E-state index >= 15 is 0 Å². The SMILES string of the molecule is C=CCN1CCN2C(=O)N(c3ccc(Cl)cc3)C(=O)C2C1. The molecule has 21 heavy (non-hydrogen) atoms. The highest BCUT2D eigenvalue weighted by atomic mass is 35.5. The molecule has 110 valence electrons. The molecule has 1 aromatic rings. The zero-order chi connectivity index (χ0) is 15.0. The number of anilines is 1. The van der Waals surface area contributed by atoms with Gasteiger partial charge in [-0.15, -0.1) is 6.58 Å². The van der Waals surface area contributed by atoms with Gasteiger partial charge in [0.15, 0.2) is 0 Å². The molecule has 0 radical (unpaired) electrons. The van der Waals surface area contributed by atoms with Crippen molar-refractivity contribution < 1.29 is 9.59 Å². The van der Waals surface area contributed by atoms with E-state index < -0.39 is 6.04 Å². The first-order valence-electron chi connectivity index (χ1n) is 6.85. The zero-order valence-corrected chi connectivity index (χ0v) is 12.3. The smallest absolute Gasteiger partial charge is 0.309 e. The lowest BCUT2D eigenvalue weighted by molar-refractivity contribution is -0.121. The fourth-order valence-corrected chi connectivity index (χ4v) is 2.95. The van der Waals surface area contributed by atoms with Crippen LogP contribution in [0.25, 0.3) is 0 Å². The van der Waals surface area contributed by atoms with Crippen LogP contribution in [0.15, 0.2) is 36.9 Å². The highest BCUT2D eigenvalue weighted by molar-refractivity contribution is 6.30. The monoisotopic (exact) mass is 305 g/mol. The molecule has 2 heterocycles. The normalized spacial score (nSPS) is 22.6. The third-order valence-corrected chi connectivity index (χ3v) is 4.13. The van der Waals surface area contributed by atoms with Crippen LogP contribution in [0.4, 0.5) is 10.5 Å². The molecule has 0 bridgehead atoms. The molecule has 1 unspecified atom stereocenters. The minimum Gasteiger partial charge on any atom is -0.309 e. The van der Waals surface area contributed by atoms with Gasteiger partial charge in [0.25, 0.3) is 5.91 Å². The molecule has 1 aromatic carbocycles. The number of fused-ring (bicyclic) bond motifs is 1. The Morgan fingerprint density at radius 1 is 1.24 bits per heavy atom. The maximum absolute atomic E-state index is 12.6. The largest absolute Gasteiger partial charge is 0.332 e. The van der Waals surface area contributed by atoms with Gasteiger partial charge in [-0.05, 0) is 24.3 Å². The van der Waals surface area contributed by atoms with Gasteiger partial charge in [-0.25, -0.2) is 9.69 Å². The Bertz CT molecular complexity index is 587. The third kappa shape index (κ3) is 2.43. The number of rotatable bonds is 3. The molecule has 2 aliphatic heterocycles. The Kier molecular flexibility index (Phi) is 3.69. The van der Waals surface area contributed by atoms with Gasteiger partial charge in [0, 0.05) is 31.2 Å². The van der Waals surface area contributed by atoms with Crippen LogP contribution >= 0.6 is 11.6 Å². The molecule has 6 heteroatoms. The van der Waals surface area contributed by atoms with Crippen molar-refractivity contribution >= 4 is 29.2 Å². The van der Waals surface area contributed by atoms with Crippen molar-refractivity contribution in [1.29, 1.82) is 0 Å². The van der Waals surface area contributed by atoms with Crippen molar-refractivity contribution in [2.45, 2.75) is 6.04 Å². The summed E-state index contributed by atoms with van der Waals surface area (Å²) < 4.78 is 0. The van der Waals surface area contributed by atoms with Crippen molar-refractivity contribution in [1.82, 2.24) is 9.80 Å². The summed E-state index contributed by atoms with van der Waals surface area (Å²) in [5.74, 6) is -0.170. The van der Waals surface area contributed by atoms with Crippen LogP contribution in [0.5, 0.6) is 0 Å². The molecule has 3 rings (SSSR count). The molecule has 0 aromatic heterocycles. The zero-order valence-electron chi connectivity index (χ0n) is 11.5. The first kappa shape index (κ1) is 14.1. The molecular weight excluding hydrogens is 290 g/mol. The Morgan fingerprint density at radius 3 is 2.62 bits per heavy atom. The summed E-state index contributed by atoms with van der Waals surface area (Å²) in [5, 5.41) is 0.577. The Labute approximate surface area is 128 Å². The van der Waals surface area contributed by atoms with E-state index in [4.69, 9.17) is 11.6 Å². The van der Waals surface area contributed by atoms with Crippen LogP contribution < -0.4 is 4.90 Å². The van der Waals surface area contributed by atoms with Crippen LogP contribution in [-0.4, -0.2) is 54.0 Å². The summed E-state index contributed by atoms with van der Waals surface area (Å²) in [6.07, 6.45) is 1.81. The standard InChI is InChI=1S/C15H16ClN3O2/c1-2-7-17-8-9-18-13(10-17)14(20)19(15(18)21)12-5-3-11(16)4-6-12/h2-6,13H,1,7-10H2. The molecule has 0 N–H and O–H groups in total. The number of amides is 3.